The Morgan fingerprint density at radius 2 is 1.87 bits per heavy atom. The molecule has 1 saturated carbocycles. The number of β-amino-alcohol motifs (C(OH)–C–C–N with tert-alkyl or cyclic N) is 1. The van der Waals surface area contributed by atoms with E-state index in [1.807, 2.05) is 0 Å². The molecule has 15 heavy (non-hydrogen) atoms. The maximum Gasteiger partial charge on any atom is 0.0774 e. The van der Waals surface area contributed by atoms with Gasteiger partial charge in [-0.1, -0.05) is 6.92 Å². The van der Waals surface area contributed by atoms with Crippen molar-refractivity contribution in [2.24, 2.45) is 5.92 Å². The zero-order chi connectivity index (χ0) is 10.9. The van der Waals surface area contributed by atoms with Crippen LogP contribution in [-0.4, -0.2) is 34.7 Å². The van der Waals surface area contributed by atoms with Crippen LogP contribution in [0.3, 0.4) is 0 Å². The summed E-state index contributed by atoms with van der Waals surface area (Å²) in [5, 5.41) is 10.5. The van der Waals surface area contributed by atoms with Gasteiger partial charge in [0.1, 0.15) is 0 Å². The van der Waals surface area contributed by atoms with E-state index in [0.717, 1.165) is 25.3 Å². The largest absolute Gasteiger partial charge is 0.389 e. The highest BCUT2D eigenvalue weighted by molar-refractivity contribution is 4.90. The van der Waals surface area contributed by atoms with Gasteiger partial charge in [0, 0.05) is 12.6 Å². The highest BCUT2D eigenvalue weighted by Gasteiger charge is 2.35. The maximum absolute atomic E-state index is 10.5. The van der Waals surface area contributed by atoms with Crippen LogP contribution in [0.4, 0.5) is 0 Å². The molecule has 0 amide bonds. The highest BCUT2D eigenvalue weighted by atomic mass is 16.3. The molecule has 2 fully saturated rings. The smallest absolute Gasteiger partial charge is 0.0774 e. The molecule has 0 aromatic heterocycles. The first-order chi connectivity index (χ1) is 7.09. The van der Waals surface area contributed by atoms with E-state index < -0.39 is 0 Å². The Morgan fingerprint density at radius 1 is 1.20 bits per heavy atom. The van der Waals surface area contributed by atoms with Crippen molar-refractivity contribution in [1.29, 1.82) is 0 Å². The van der Waals surface area contributed by atoms with Gasteiger partial charge in [0.2, 0.25) is 0 Å². The Labute approximate surface area is 93.7 Å². The van der Waals surface area contributed by atoms with Gasteiger partial charge in [0.05, 0.1) is 5.60 Å². The van der Waals surface area contributed by atoms with Gasteiger partial charge in [-0.25, -0.2) is 0 Å². The lowest BCUT2D eigenvalue weighted by Gasteiger charge is -2.38. The van der Waals surface area contributed by atoms with Crippen molar-refractivity contribution in [2.75, 3.05) is 13.1 Å². The van der Waals surface area contributed by atoms with Gasteiger partial charge in [0.15, 0.2) is 0 Å². The van der Waals surface area contributed by atoms with Crippen molar-refractivity contribution < 1.29 is 5.11 Å². The summed E-state index contributed by atoms with van der Waals surface area (Å²) in [6.45, 7) is 6.71. The first-order valence-electron chi connectivity index (χ1n) is 6.55. The van der Waals surface area contributed by atoms with E-state index in [1.54, 1.807) is 0 Å². The lowest BCUT2D eigenvalue weighted by atomic mass is 9.79. The summed E-state index contributed by atoms with van der Waals surface area (Å²) in [5.74, 6) is 0.821. The molecule has 2 heteroatoms. The maximum atomic E-state index is 10.5. The number of hydrogen-bond donors (Lipinski definition) is 1. The van der Waals surface area contributed by atoms with Crippen molar-refractivity contribution in [3.63, 3.8) is 0 Å². The Bertz CT molecular complexity index is 209. The third kappa shape index (κ3) is 2.73. The first-order valence-corrected chi connectivity index (χ1v) is 6.55. The number of rotatable bonds is 2. The summed E-state index contributed by atoms with van der Waals surface area (Å²) in [6.07, 6.45) is 7.06. The minimum Gasteiger partial charge on any atom is -0.389 e. The molecule has 2 aliphatic rings. The standard InChI is InChI=1S/C13H25NO/c1-11-5-7-13(15,8-6-11)10-14-9-3-4-12(14)2/h11-12,15H,3-10H2,1-2H3. The summed E-state index contributed by atoms with van der Waals surface area (Å²) in [7, 11) is 0. The van der Waals surface area contributed by atoms with Crippen molar-refractivity contribution >= 4 is 0 Å². The summed E-state index contributed by atoms with van der Waals surface area (Å²) in [4.78, 5) is 2.48. The molecular weight excluding hydrogens is 186 g/mol. The van der Waals surface area contributed by atoms with Crippen LogP contribution in [0, 0.1) is 5.92 Å². The van der Waals surface area contributed by atoms with E-state index >= 15 is 0 Å². The fourth-order valence-electron chi connectivity index (χ4n) is 3.06. The van der Waals surface area contributed by atoms with Gasteiger partial charge in [0.25, 0.3) is 0 Å². The van der Waals surface area contributed by atoms with Crippen LogP contribution in [0.25, 0.3) is 0 Å². The van der Waals surface area contributed by atoms with Gasteiger partial charge in [-0.05, 0) is 57.9 Å². The van der Waals surface area contributed by atoms with E-state index in [0.29, 0.717) is 6.04 Å². The lowest BCUT2D eigenvalue weighted by molar-refractivity contribution is -0.0364. The van der Waals surface area contributed by atoms with Gasteiger partial charge < -0.3 is 5.11 Å². The van der Waals surface area contributed by atoms with E-state index in [2.05, 4.69) is 18.7 Å². The molecule has 1 aliphatic heterocycles. The summed E-state index contributed by atoms with van der Waals surface area (Å²) in [5.41, 5.74) is -0.370. The van der Waals surface area contributed by atoms with Crippen LogP contribution in [0.15, 0.2) is 0 Å². The third-order valence-electron chi connectivity index (χ3n) is 4.39. The Kier molecular flexibility index (Phi) is 3.36. The molecule has 1 atom stereocenters. The van der Waals surface area contributed by atoms with Crippen molar-refractivity contribution in [2.45, 2.75) is 64.0 Å². The van der Waals surface area contributed by atoms with Gasteiger partial charge in [-0.3, -0.25) is 4.90 Å². The summed E-state index contributed by atoms with van der Waals surface area (Å²) in [6, 6.07) is 0.688. The summed E-state index contributed by atoms with van der Waals surface area (Å²) < 4.78 is 0. The van der Waals surface area contributed by atoms with Crippen molar-refractivity contribution in [1.82, 2.24) is 4.90 Å². The van der Waals surface area contributed by atoms with E-state index in [4.69, 9.17) is 0 Å². The molecule has 0 aromatic rings. The second kappa shape index (κ2) is 4.42. The molecule has 0 radical (unpaired) electrons. The van der Waals surface area contributed by atoms with Crippen LogP contribution in [0.1, 0.15) is 52.4 Å². The molecule has 2 rings (SSSR count). The lowest BCUT2D eigenvalue weighted by Crippen LogP contribution is -2.46. The molecule has 2 nitrogen and oxygen atoms in total. The minimum absolute atomic E-state index is 0.370. The minimum atomic E-state index is -0.370. The molecular formula is C13H25NO. The monoisotopic (exact) mass is 211 g/mol. The normalized spacial score (nSPS) is 43.4. The van der Waals surface area contributed by atoms with Crippen LogP contribution in [-0.2, 0) is 0 Å². The van der Waals surface area contributed by atoms with Gasteiger partial charge >= 0.3 is 0 Å². The van der Waals surface area contributed by atoms with E-state index in [-0.39, 0.29) is 5.60 Å². The number of nitrogens with zero attached hydrogens (tertiary/aromatic N) is 1. The van der Waals surface area contributed by atoms with E-state index in [1.165, 1.54) is 32.2 Å². The average molecular weight is 211 g/mol. The molecule has 1 unspecified atom stereocenters. The molecule has 0 bridgehead atoms. The summed E-state index contributed by atoms with van der Waals surface area (Å²) >= 11 is 0. The fraction of sp³-hybridized carbons (Fsp3) is 1.00. The highest BCUT2D eigenvalue weighted by Crippen LogP contribution is 2.33. The van der Waals surface area contributed by atoms with Crippen LogP contribution in [0.2, 0.25) is 0 Å². The molecule has 88 valence electrons. The molecule has 1 saturated heterocycles. The Balaban J connectivity index is 1.87. The second-order valence-corrected chi connectivity index (χ2v) is 5.87. The molecule has 0 aromatic carbocycles. The third-order valence-corrected chi connectivity index (χ3v) is 4.39. The Morgan fingerprint density at radius 3 is 2.40 bits per heavy atom. The van der Waals surface area contributed by atoms with Crippen LogP contribution in [0.5, 0.6) is 0 Å². The first kappa shape index (κ1) is 11.4. The number of hydrogen-bond acceptors (Lipinski definition) is 2. The SMILES string of the molecule is CC1CCC(O)(CN2CCCC2C)CC1. The molecule has 0 spiro atoms. The van der Waals surface area contributed by atoms with Crippen LogP contribution >= 0.6 is 0 Å². The predicted molar refractivity (Wildman–Crippen MR) is 62.9 cm³/mol. The number of aliphatic hydroxyl groups is 1. The average Bonchev–Trinajstić information content (AvgIpc) is 2.58. The fourth-order valence-corrected chi connectivity index (χ4v) is 3.06. The van der Waals surface area contributed by atoms with Crippen molar-refractivity contribution in [3.05, 3.63) is 0 Å². The Hall–Kier alpha value is -0.0800. The quantitative estimate of drug-likeness (QED) is 0.758. The zero-order valence-electron chi connectivity index (χ0n) is 10.2. The van der Waals surface area contributed by atoms with Crippen LogP contribution < -0.4 is 0 Å². The number of likely N-dealkylation sites (tertiary alicyclic amines) is 1. The molecule has 1 heterocycles. The van der Waals surface area contributed by atoms with Gasteiger partial charge in [-0.15, -0.1) is 0 Å². The predicted octanol–water partition coefficient (Wildman–Crippen LogP) is 2.41. The van der Waals surface area contributed by atoms with E-state index in [9.17, 15) is 5.11 Å². The second-order valence-electron chi connectivity index (χ2n) is 5.87. The topological polar surface area (TPSA) is 23.5 Å². The zero-order valence-corrected chi connectivity index (χ0v) is 10.2. The van der Waals surface area contributed by atoms with Crippen molar-refractivity contribution in [3.8, 4) is 0 Å². The molecule has 1 N–H and O–H groups in total. The molecule has 1 aliphatic carbocycles. The van der Waals surface area contributed by atoms with Gasteiger partial charge in [-0.2, -0.15) is 0 Å².